The highest BCUT2D eigenvalue weighted by atomic mass is 16.5. The minimum absolute atomic E-state index is 0.139. The maximum absolute atomic E-state index is 12.5. The first-order valence-corrected chi connectivity index (χ1v) is 12.3. The topological polar surface area (TPSA) is 145 Å². The summed E-state index contributed by atoms with van der Waals surface area (Å²) >= 11 is 0. The number of nitrogen functional groups attached to an aromatic ring is 1. The average molecular weight is 515 g/mol. The van der Waals surface area contributed by atoms with E-state index < -0.39 is 5.91 Å². The Balaban J connectivity index is 1.40. The second-order valence-electron chi connectivity index (χ2n) is 9.03. The van der Waals surface area contributed by atoms with Gasteiger partial charge in [0.2, 0.25) is 0 Å². The second kappa shape index (κ2) is 10.9. The van der Waals surface area contributed by atoms with Crippen molar-refractivity contribution in [3.8, 4) is 11.3 Å². The molecule has 11 nitrogen and oxygen atoms in total. The Morgan fingerprint density at radius 3 is 2.68 bits per heavy atom. The number of carbonyl (C=O) groups excluding carboxylic acids is 1. The number of aliphatic hydroxyl groups is 1. The standard InChI is InChI=1S/C27H30N8O3/c1-33(10-13-36)27(37)24(29)21-7-2-18(16-22(21)28)23-17-35-9-8-30-26(35)25(32-23)31-19-3-5-20(6-4-19)34-11-14-38-15-12-34/h2-9,16-17,29,36H,10-15,28H2,1H3,(H,31,32). The molecule has 2 aromatic carbocycles. The molecule has 0 radical (unpaired) electrons. The van der Waals surface area contributed by atoms with Gasteiger partial charge in [0, 0.05) is 73.5 Å². The number of hydrogen-bond donors (Lipinski definition) is 4. The molecule has 0 atom stereocenters. The summed E-state index contributed by atoms with van der Waals surface area (Å²) in [6.45, 7) is 3.18. The van der Waals surface area contributed by atoms with Crippen molar-refractivity contribution in [2.24, 2.45) is 0 Å². The number of nitrogens with zero attached hydrogens (tertiary/aromatic N) is 5. The van der Waals surface area contributed by atoms with Gasteiger partial charge in [-0.25, -0.2) is 9.97 Å². The van der Waals surface area contributed by atoms with E-state index in [4.69, 9.17) is 26.0 Å². The molecule has 4 aromatic rings. The Hall–Kier alpha value is -4.48. The maximum Gasteiger partial charge on any atom is 0.272 e. The molecule has 1 fully saturated rings. The quantitative estimate of drug-likeness (QED) is 0.207. The number of ether oxygens (including phenoxy) is 1. The summed E-state index contributed by atoms with van der Waals surface area (Å²) < 4.78 is 7.33. The van der Waals surface area contributed by atoms with Gasteiger partial charge in [-0.05, 0) is 36.4 Å². The zero-order valence-corrected chi connectivity index (χ0v) is 21.1. The van der Waals surface area contributed by atoms with Gasteiger partial charge in [-0.1, -0.05) is 6.07 Å². The molecule has 2 aromatic heterocycles. The number of rotatable bonds is 8. The van der Waals surface area contributed by atoms with Crippen LogP contribution >= 0.6 is 0 Å². The Labute approximate surface area is 220 Å². The summed E-state index contributed by atoms with van der Waals surface area (Å²) in [6.07, 6.45) is 5.41. The van der Waals surface area contributed by atoms with Crippen LogP contribution in [0.15, 0.2) is 61.1 Å². The Morgan fingerprint density at radius 2 is 1.97 bits per heavy atom. The number of benzene rings is 2. The highest BCUT2D eigenvalue weighted by Crippen LogP contribution is 2.28. The third-order valence-electron chi connectivity index (χ3n) is 6.49. The minimum atomic E-state index is -0.511. The maximum atomic E-state index is 12.5. The SMILES string of the molecule is CN(CCO)C(=O)C(=N)c1ccc(-c2cn3ccnc3c(Nc3ccc(N4CCOCC4)cc3)n2)cc1N. The molecule has 38 heavy (non-hydrogen) atoms. The third-order valence-corrected chi connectivity index (χ3v) is 6.49. The molecule has 196 valence electrons. The molecule has 0 saturated carbocycles. The Morgan fingerprint density at radius 1 is 1.21 bits per heavy atom. The Bertz CT molecular complexity index is 1460. The van der Waals surface area contributed by atoms with Gasteiger partial charge in [-0.3, -0.25) is 10.2 Å². The first-order valence-electron chi connectivity index (χ1n) is 12.3. The van der Waals surface area contributed by atoms with Gasteiger partial charge < -0.3 is 35.1 Å². The molecule has 1 aliphatic heterocycles. The van der Waals surface area contributed by atoms with E-state index in [0.29, 0.717) is 28.4 Å². The predicted molar refractivity (Wildman–Crippen MR) is 147 cm³/mol. The van der Waals surface area contributed by atoms with E-state index in [9.17, 15) is 4.79 Å². The molecule has 3 heterocycles. The number of aliphatic hydroxyl groups excluding tert-OH is 1. The van der Waals surface area contributed by atoms with Gasteiger partial charge in [0.1, 0.15) is 5.71 Å². The summed E-state index contributed by atoms with van der Waals surface area (Å²) in [6, 6.07) is 13.3. The summed E-state index contributed by atoms with van der Waals surface area (Å²) in [5, 5.41) is 20.8. The van der Waals surface area contributed by atoms with Crippen LogP contribution in [0.5, 0.6) is 0 Å². The number of aromatic nitrogens is 3. The molecule has 0 bridgehead atoms. The molecule has 11 heteroatoms. The lowest BCUT2D eigenvalue weighted by Crippen LogP contribution is -2.36. The monoisotopic (exact) mass is 514 g/mol. The van der Waals surface area contributed by atoms with Gasteiger partial charge in [0.25, 0.3) is 5.91 Å². The second-order valence-corrected chi connectivity index (χ2v) is 9.03. The molecule has 5 rings (SSSR count). The summed E-state index contributed by atoms with van der Waals surface area (Å²) in [5.41, 5.74) is 10.7. The smallest absolute Gasteiger partial charge is 0.272 e. The number of morpholine rings is 1. The highest BCUT2D eigenvalue weighted by Gasteiger charge is 2.19. The first-order chi connectivity index (χ1) is 18.4. The van der Waals surface area contributed by atoms with Crippen LogP contribution < -0.4 is 16.0 Å². The number of carbonyl (C=O) groups is 1. The predicted octanol–water partition coefficient (Wildman–Crippen LogP) is 2.38. The van der Waals surface area contributed by atoms with E-state index in [1.54, 1.807) is 24.4 Å². The zero-order chi connectivity index (χ0) is 26.6. The number of fused-ring (bicyclic) bond motifs is 1. The van der Waals surface area contributed by atoms with Crippen molar-refractivity contribution >= 4 is 40.1 Å². The summed E-state index contributed by atoms with van der Waals surface area (Å²) in [4.78, 5) is 25.3. The van der Waals surface area contributed by atoms with E-state index >= 15 is 0 Å². The van der Waals surface area contributed by atoms with Crippen molar-refractivity contribution < 1.29 is 14.6 Å². The van der Waals surface area contributed by atoms with Crippen molar-refractivity contribution in [1.29, 1.82) is 5.41 Å². The molecule has 0 aliphatic carbocycles. The van der Waals surface area contributed by atoms with Crippen molar-refractivity contribution in [2.75, 3.05) is 62.5 Å². The first kappa shape index (κ1) is 25.2. The van der Waals surface area contributed by atoms with Crippen LogP contribution in [0.2, 0.25) is 0 Å². The lowest BCUT2D eigenvalue weighted by molar-refractivity contribution is -0.123. The largest absolute Gasteiger partial charge is 0.398 e. The molecule has 1 saturated heterocycles. The van der Waals surface area contributed by atoms with Crippen LogP contribution in [-0.2, 0) is 9.53 Å². The van der Waals surface area contributed by atoms with Crippen molar-refractivity contribution in [1.82, 2.24) is 19.3 Å². The fourth-order valence-electron chi connectivity index (χ4n) is 4.38. The number of likely N-dealkylation sites (N-methyl/N-ethyl adjacent to an activating group) is 1. The van der Waals surface area contributed by atoms with Crippen molar-refractivity contribution in [3.63, 3.8) is 0 Å². The fraction of sp³-hybridized carbons (Fsp3) is 0.259. The molecule has 1 aliphatic rings. The number of amides is 1. The van der Waals surface area contributed by atoms with E-state index in [1.165, 1.54) is 11.9 Å². The third kappa shape index (κ3) is 5.15. The van der Waals surface area contributed by atoms with Crippen LogP contribution in [0.1, 0.15) is 5.56 Å². The summed E-state index contributed by atoms with van der Waals surface area (Å²) in [7, 11) is 1.53. The summed E-state index contributed by atoms with van der Waals surface area (Å²) in [5.74, 6) is 0.0744. The molecule has 0 spiro atoms. The molecule has 0 unspecified atom stereocenters. The van der Waals surface area contributed by atoms with Crippen LogP contribution in [-0.4, -0.2) is 82.5 Å². The van der Waals surface area contributed by atoms with Crippen LogP contribution in [0.25, 0.3) is 16.9 Å². The van der Waals surface area contributed by atoms with Gasteiger partial charge in [0.15, 0.2) is 11.5 Å². The highest BCUT2D eigenvalue weighted by molar-refractivity contribution is 6.45. The normalized spacial score (nSPS) is 13.5. The Kier molecular flexibility index (Phi) is 7.20. The number of imidazole rings is 1. The van der Waals surface area contributed by atoms with Crippen LogP contribution in [0.3, 0.4) is 0 Å². The number of anilines is 4. The molecular formula is C27H30N8O3. The van der Waals surface area contributed by atoms with Gasteiger partial charge in [0.05, 0.1) is 25.5 Å². The number of nitrogens with one attached hydrogen (secondary N) is 2. The van der Waals surface area contributed by atoms with Gasteiger partial charge in [-0.2, -0.15) is 0 Å². The van der Waals surface area contributed by atoms with E-state index in [1.807, 2.05) is 28.9 Å². The minimum Gasteiger partial charge on any atom is -0.398 e. The molecular weight excluding hydrogens is 484 g/mol. The van der Waals surface area contributed by atoms with E-state index in [2.05, 4.69) is 27.3 Å². The van der Waals surface area contributed by atoms with E-state index in [0.717, 1.165) is 43.2 Å². The van der Waals surface area contributed by atoms with Crippen LogP contribution in [0.4, 0.5) is 22.9 Å². The van der Waals surface area contributed by atoms with E-state index in [-0.39, 0.29) is 18.9 Å². The van der Waals surface area contributed by atoms with Gasteiger partial charge in [-0.15, -0.1) is 0 Å². The molecule has 5 N–H and O–H groups in total. The van der Waals surface area contributed by atoms with Crippen LogP contribution in [0, 0.1) is 5.41 Å². The van der Waals surface area contributed by atoms with Crippen molar-refractivity contribution in [3.05, 3.63) is 66.6 Å². The van der Waals surface area contributed by atoms with Crippen molar-refractivity contribution in [2.45, 2.75) is 0 Å². The lowest BCUT2D eigenvalue weighted by Gasteiger charge is -2.28. The zero-order valence-electron chi connectivity index (χ0n) is 21.1. The average Bonchev–Trinajstić information content (AvgIpc) is 3.42. The number of nitrogens with two attached hydrogens (primary N) is 1. The molecule has 1 amide bonds. The number of hydrogen-bond acceptors (Lipinski definition) is 9. The lowest BCUT2D eigenvalue weighted by atomic mass is 10.0. The van der Waals surface area contributed by atoms with Gasteiger partial charge >= 0.3 is 0 Å². The fourth-order valence-corrected chi connectivity index (χ4v) is 4.38.